The molecule has 0 amide bonds. The van der Waals surface area contributed by atoms with Crippen molar-refractivity contribution in [3.05, 3.63) is 35.9 Å². The Labute approximate surface area is 104 Å². The van der Waals surface area contributed by atoms with E-state index < -0.39 is 5.97 Å². The molecule has 0 saturated heterocycles. The molecule has 1 aromatic carbocycles. The van der Waals surface area contributed by atoms with Gasteiger partial charge in [-0.25, -0.2) is 9.78 Å². The maximum atomic E-state index is 11.3. The zero-order valence-corrected chi connectivity index (χ0v) is 10.00. The summed E-state index contributed by atoms with van der Waals surface area (Å²) in [5.41, 5.74) is 0.859. The molecule has 2 aromatic rings. The van der Waals surface area contributed by atoms with Crippen molar-refractivity contribution < 1.29 is 15.0 Å². The molecule has 0 spiro atoms. The van der Waals surface area contributed by atoms with Crippen molar-refractivity contribution in [1.29, 1.82) is 0 Å². The molecule has 0 fully saturated rings. The smallest absolute Gasteiger partial charge is 0.336 e. The number of carbonyl (C=O) groups is 1. The Morgan fingerprint density at radius 1 is 1.39 bits per heavy atom. The number of carboxylic acid groups (broad SMARTS) is 1. The van der Waals surface area contributed by atoms with Crippen molar-refractivity contribution in [3.63, 3.8) is 0 Å². The average molecular weight is 246 g/mol. The lowest BCUT2D eigenvalue weighted by Gasteiger charge is -2.18. The van der Waals surface area contributed by atoms with Crippen molar-refractivity contribution >= 4 is 22.7 Å². The largest absolute Gasteiger partial charge is 0.478 e. The molecule has 0 aliphatic carbocycles. The number of aliphatic hydroxyl groups excluding tert-OH is 1. The van der Waals surface area contributed by atoms with Gasteiger partial charge in [-0.2, -0.15) is 0 Å². The second-order valence-electron chi connectivity index (χ2n) is 4.00. The number of nitrogens with zero attached hydrogens (tertiary/aromatic N) is 2. The molecule has 1 heterocycles. The van der Waals surface area contributed by atoms with Crippen molar-refractivity contribution in [1.82, 2.24) is 4.98 Å². The molecule has 0 atom stereocenters. The minimum Gasteiger partial charge on any atom is -0.478 e. The van der Waals surface area contributed by atoms with E-state index in [1.54, 1.807) is 30.1 Å². The number of hydrogen-bond acceptors (Lipinski definition) is 4. The number of para-hydroxylation sites is 1. The van der Waals surface area contributed by atoms with Crippen molar-refractivity contribution in [2.75, 3.05) is 25.1 Å². The Kier molecular flexibility index (Phi) is 3.43. The SMILES string of the molecule is CN(CCO)c1cc(C(=O)O)c2ccccc2n1. The third kappa shape index (κ3) is 2.26. The Hall–Kier alpha value is -2.14. The number of fused-ring (bicyclic) bond motifs is 1. The second-order valence-corrected chi connectivity index (χ2v) is 4.00. The van der Waals surface area contributed by atoms with E-state index in [4.69, 9.17) is 5.11 Å². The van der Waals surface area contributed by atoms with Gasteiger partial charge in [-0.05, 0) is 12.1 Å². The van der Waals surface area contributed by atoms with Gasteiger partial charge in [0.1, 0.15) is 5.82 Å². The Balaban J connectivity index is 2.60. The number of benzene rings is 1. The number of carboxylic acids is 1. The zero-order valence-electron chi connectivity index (χ0n) is 10.00. The van der Waals surface area contributed by atoms with E-state index in [0.29, 0.717) is 23.3 Å². The van der Waals surface area contributed by atoms with Gasteiger partial charge in [0.2, 0.25) is 0 Å². The molecule has 5 heteroatoms. The van der Waals surface area contributed by atoms with Crippen LogP contribution in [-0.2, 0) is 0 Å². The highest BCUT2D eigenvalue weighted by molar-refractivity contribution is 6.03. The van der Waals surface area contributed by atoms with Gasteiger partial charge in [0.25, 0.3) is 0 Å². The number of rotatable bonds is 4. The van der Waals surface area contributed by atoms with Crippen LogP contribution in [0, 0.1) is 0 Å². The summed E-state index contributed by atoms with van der Waals surface area (Å²) >= 11 is 0. The summed E-state index contributed by atoms with van der Waals surface area (Å²) in [5.74, 6) is -0.438. The van der Waals surface area contributed by atoms with Gasteiger partial charge in [0.15, 0.2) is 0 Å². The quantitative estimate of drug-likeness (QED) is 0.852. The predicted molar refractivity (Wildman–Crippen MR) is 69.1 cm³/mol. The molecule has 0 bridgehead atoms. The first-order valence-corrected chi connectivity index (χ1v) is 5.58. The fourth-order valence-corrected chi connectivity index (χ4v) is 1.80. The molecule has 2 rings (SSSR count). The van der Waals surface area contributed by atoms with Crippen LogP contribution in [0.3, 0.4) is 0 Å². The van der Waals surface area contributed by atoms with E-state index in [-0.39, 0.29) is 12.2 Å². The predicted octanol–water partition coefficient (Wildman–Crippen LogP) is 1.36. The van der Waals surface area contributed by atoms with Crippen LogP contribution in [0.25, 0.3) is 10.9 Å². The van der Waals surface area contributed by atoms with Crippen LogP contribution >= 0.6 is 0 Å². The molecule has 5 nitrogen and oxygen atoms in total. The Morgan fingerprint density at radius 3 is 2.78 bits per heavy atom. The average Bonchev–Trinajstić information content (AvgIpc) is 2.37. The highest BCUT2D eigenvalue weighted by atomic mass is 16.4. The lowest BCUT2D eigenvalue weighted by atomic mass is 10.1. The molecule has 18 heavy (non-hydrogen) atoms. The summed E-state index contributed by atoms with van der Waals surface area (Å²) in [6.45, 7) is 0.401. The maximum Gasteiger partial charge on any atom is 0.336 e. The first-order chi connectivity index (χ1) is 8.63. The van der Waals surface area contributed by atoms with E-state index in [1.807, 2.05) is 6.07 Å². The summed E-state index contributed by atoms with van der Waals surface area (Å²) in [4.78, 5) is 17.4. The minimum atomic E-state index is -0.979. The number of aliphatic hydroxyl groups is 1. The fraction of sp³-hybridized carbons (Fsp3) is 0.231. The van der Waals surface area contributed by atoms with Gasteiger partial charge in [0, 0.05) is 19.0 Å². The summed E-state index contributed by atoms with van der Waals surface area (Å²) in [5, 5.41) is 18.7. The Bertz CT molecular complexity index is 583. The van der Waals surface area contributed by atoms with Crippen LogP contribution in [0.1, 0.15) is 10.4 Å². The van der Waals surface area contributed by atoms with Gasteiger partial charge in [-0.1, -0.05) is 18.2 Å². The van der Waals surface area contributed by atoms with Crippen LogP contribution in [0.15, 0.2) is 30.3 Å². The van der Waals surface area contributed by atoms with E-state index in [9.17, 15) is 9.90 Å². The molecule has 2 N–H and O–H groups in total. The molecular formula is C13H14N2O3. The first kappa shape index (κ1) is 12.3. The summed E-state index contributed by atoms with van der Waals surface area (Å²) in [7, 11) is 1.76. The molecule has 94 valence electrons. The summed E-state index contributed by atoms with van der Waals surface area (Å²) in [6, 6.07) is 8.64. The standard InChI is InChI=1S/C13H14N2O3/c1-15(6-7-16)12-8-10(13(17)18)9-4-2-3-5-11(9)14-12/h2-5,8,16H,6-7H2,1H3,(H,17,18). The fourth-order valence-electron chi connectivity index (χ4n) is 1.80. The first-order valence-electron chi connectivity index (χ1n) is 5.58. The highest BCUT2D eigenvalue weighted by Gasteiger charge is 2.13. The van der Waals surface area contributed by atoms with Crippen LogP contribution in [0.2, 0.25) is 0 Å². The third-order valence-electron chi connectivity index (χ3n) is 2.76. The maximum absolute atomic E-state index is 11.3. The van der Waals surface area contributed by atoms with Crippen molar-refractivity contribution in [3.8, 4) is 0 Å². The third-order valence-corrected chi connectivity index (χ3v) is 2.76. The van der Waals surface area contributed by atoms with E-state index >= 15 is 0 Å². The van der Waals surface area contributed by atoms with Crippen LogP contribution in [-0.4, -0.2) is 41.4 Å². The normalized spacial score (nSPS) is 10.6. The van der Waals surface area contributed by atoms with Crippen LogP contribution < -0.4 is 4.90 Å². The highest BCUT2D eigenvalue weighted by Crippen LogP contribution is 2.22. The number of pyridine rings is 1. The topological polar surface area (TPSA) is 73.7 Å². The molecule has 0 aliphatic rings. The second kappa shape index (κ2) is 5.01. The summed E-state index contributed by atoms with van der Waals surface area (Å²) in [6.07, 6.45) is 0. The monoisotopic (exact) mass is 246 g/mol. The van der Waals surface area contributed by atoms with Crippen LogP contribution in [0.4, 0.5) is 5.82 Å². The summed E-state index contributed by atoms with van der Waals surface area (Å²) < 4.78 is 0. The van der Waals surface area contributed by atoms with Gasteiger partial charge >= 0.3 is 5.97 Å². The molecule has 0 radical (unpaired) electrons. The number of aromatic carboxylic acids is 1. The minimum absolute atomic E-state index is 0.00654. The van der Waals surface area contributed by atoms with Crippen LogP contribution in [0.5, 0.6) is 0 Å². The molecule has 0 saturated carbocycles. The lowest BCUT2D eigenvalue weighted by molar-refractivity contribution is 0.0699. The van der Waals surface area contributed by atoms with Crippen molar-refractivity contribution in [2.24, 2.45) is 0 Å². The van der Waals surface area contributed by atoms with E-state index in [1.165, 1.54) is 6.07 Å². The van der Waals surface area contributed by atoms with Gasteiger partial charge < -0.3 is 15.1 Å². The Morgan fingerprint density at radius 2 is 2.11 bits per heavy atom. The van der Waals surface area contributed by atoms with Gasteiger partial charge in [0.05, 0.1) is 17.7 Å². The number of likely N-dealkylation sites (N-methyl/N-ethyl adjacent to an activating group) is 1. The molecule has 1 aromatic heterocycles. The lowest BCUT2D eigenvalue weighted by Crippen LogP contribution is -2.22. The number of anilines is 1. The van der Waals surface area contributed by atoms with Gasteiger partial charge in [-0.3, -0.25) is 0 Å². The molecule has 0 aliphatic heterocycles. The number of hydrogen-bond donors (Lipinski definition) is 2. The number of aromatic nitrogens is 1. The van der Waals surface area contributed by atoms with Gasteiger partial charge in [-0.15, -0.1) is 0 Å². The van der Waals surface area contributed by atoms with E-state index in [2.05, 4.69) is 4.98 Å². The van der Waals surface area contributed by atoms with E-state index in [0.717, 1.165) is 0 Å². The van der Waals surface area contributed by atoms with Crippen molar-refractivity contribution in [2.45, 2.75) is 0 Å². The molecule has 0 unspecified atom stereocenters. The zero-order chi connectivity index (χ0) is 13.1. The molecular weight excluding hydrogens is 232 g/mol.